The SMILES string of the molecule is O=C1CC(C(=O)N2CCN(c3ccc4ccccc4n3)CC2)CN1Cc1ccccc1. The minimum atomic E-state index is -0.235. The number of rotatable bonds is 4. The highest BCUT2D eigenvalue weighted by Gasteiger charge is 2.37. The van der Waals surface area contributed by atoms with E-state index >= 15 is 0 Å². The quantitative estimate of drug-likeness (QED) is 0.659. The Kier molecular flexibility index (Phi) is 5.28. The van der Waals surface area contributed by atoms with E-state index in [1.807, 2.05) is 58.3 Å². The molecule has 2 aliphatic rings. The van der Waals surface area contributed by atoms with E-state index in [1.54, 1.807) is 0 Å². The summed E-state index contributed by atoms with van der Waals surface area (Å²) in [4.78, 5) is 36.3. The topological polar surface area (TPSA) is 56.8 Å². The lowest BCUT2D eigenvalue weighted by molar-refractivity contribution is -0.136. The molecule has 2 fully saturated rings. The average molecular weight is 415 g/mol. The molecule has 6 heteroatoms. The predicted molar refractivity (Wildman–Crippen MR) is 121 cm³/mol. The van der Waals surface area contributed by atoms with Gasteiger partial charge in [-0.3, -0.25) is 9.59 Å². The fourth-order valence-corrected chi connectivity index (χ4v) is 4.54. The molecule has 158 valence electrons. The van der Waals surface area contributed by atoms with Crippen LogP contribution in [-0.4, -0.2) is 59.3 Å². The maximum Gasteiger partial charge on any atom is 0.228 e. The summed E-state index contributed by atoms with van der Waals surface area (Å²) < 4.78 is 0. The first-order valence-electron chi connectivity index (χ1n) is 10.9. The van der Waals surface area contributed by atoms with E-state index in [2.05, 4.69) is 23.1 Å². The minimum absolute atomic E-state index is 0.0706. The fraction of sp³-hybridized carbons (Fsp3) is 0.320. The molecule has 0 aliphatic carbocycles. The van der Waals surface area contributed by atoms with Gasteiger partial charge in [0.2, 0.25) is 11.8 Å². The number of amides is 2. The van der Waals surface area contributed by atoms with Gasteiger partial charge in [0.05, 0.1) is 11.4 Å². The average Bonchev–Trinajstić information content (AvgIpc) is 3.19. The van der Waals surface area contributed by atoms with Crippen LogP contribution in [0.25, 0.3) is 10.9 Å². The Morgan fingerprint density at radius 2 is 1.65 bits per heavy atom. The highest BCUT2D eigenvalue weighted by molar-refractivity contribution is 5.89. The van der Waals surface area contributed by atoms with Crippen LogP contribution in [-0.2, 0) is 16.1 Å². The van der Waals surface area contributed by atoms with Crippen LogP contribution in [0.1, 0.15) is 12.0 Å². The second-order valence-corrected chi connectivity index (χ2v) is 8.34. The van der Waals surface area contributed by atoms with Crippen molar-refractivity contribution in [2.45, 2.75) is 13.0 Å². The molecule has 1 atom stereocenters. The van der Waals surface area contributed by atoms with Crippen molar-refractivity contribution in [2.24, 2.45) is 5.92 Å². The molecular formula is C25H26N4O2. The van der Waals surface area contributed by atoms with Crippen molar-refractivity contribution < 1.29 is 9.59 Å². The molecule has 3 heterocycles. The second kappa shape index (κ2) is 8.38. The normalized spacial score (nSPS) is 19.3. The molecular weight excluding hydrogens is 388 g/mol. The van der Waals surface area contributed by atoms with Crippen LogP contribution in [0.5, 0.6) is 0 Å². The highest BCUT2D eigenvalue weighted by Crippen LogP contribution is 2.24. The van der Waals surface area contributed by atoms with Crippen LogP contribution in [0.2, 0.25) is 0 Å². The molecule has 0 spiro atoms. The zero-order valence-corrected chi connectivity index (χ0v) is 17.5. The van der Waals surface area contributed by atoms with Crippen LogP contribution < -0.4 is 4.90 Å². The number of anilines is 1. The molecule has 0 radical (unpaired) electrons. The Balaban J connectivity index is 1.18. The summed E-state index contributed by atoms with van der Waals surface area (Å²) in [5.74, 6) is 0.897. The summed E-state index contributed by atoms with van der Waals surface area (Å²) in [6.45, 7) is 3.92. The number of nitrogens with zero attached hydrogens (tertiary/aromatic N) is 4. The fourth-order valence-electron chi connectivity index (χ4n) is 4.54. The number of para-hydroxylation sites is 1. The number of piperazine rings is 1. The molecule has 6 nitrogen and oxygen atoms in total. The Morgan fingerprint density at radius 3 is 2.45 bits per heavy atom. The van der Waals surface area contributed by atoms with Crippen molar-refractivity contribution in [3.05, 3.63) is 72.3 Å². The zero-order chi connectivity index (χ0) is 21.2. The van der Waals surface area contributed by atoms with Crippen molar-refractivity contribution in [2.75, 3.05) is 37.6 Å². The minimum Gasteiger partial charge on any atom is -0.353 e. The summed E-state index contributed by atoms with van der Waals surface area (Å²) in [5.41, 5.74) is 2.09. The van der Waals surface area contributed by atoms with Gasteiger partial charge in [0.1, 0.15) is 5.82 Å². The molecule has 31 heavy (non-hydrogen) atoms. The van der Waals surface area contributed by atoms with E-state index in [4.69, 9.17) is 4.98 Å². The van der Waals surface area contributed by atoms with Gasteiger partial charge in [0.25, 0.3) is 0 Å². The van der Waals surface area contributed by atoms with Crippen LogP contribution in [0.3, 0.4) is 0 Å². The summed E-state index contributed by atoms with van der Waals surface area (Å²) in [6, 6.07) is 22.2. The van der Waals surface area contributed by atoms with Gasteiger partial charge < -0.3 is 14.7 Å². The van der Waals surface area contributed by atoms with Crippen molar-refractivity contribution in [1.29, 1.82) is 0 Å². The summed E-state index contributed by atoms with van der Waals surface area (Å²) in [7, 11) is 0. The maximum atomic E-state index is 13.1. The molecule has 1 unspecified atom stereocenters. The Morgan fingerprint density at radius 1 is 0.903 bits per heavy atom. The molecule has 2 amide bonds. The number of hydrogen-bond donors (Lipinski definition) is 0. The summed E-state index contributed by atoms with van der Waals surface area (Å²) in [5, 5.41) is 1.13. The maximum absolute atomic E-state index is 13.1. The first-order chi connectivity index (χ1) is 15.2. The molecule has 2 saturated heterocycles. The molecule has 5 rings (SSSR count). The van der Waals surface area contributed by atoms with Crippen LogP contribution in [0.15, 0.2) is 66.7 Å². The molecule has 3 aromatic rings. The summed E-state index contributed by atoms with van der Waals surface area (Å²) in [6.07, 6.45) is 0.318. The van der Waals surface area contributed by atoms with E-state index < -0.39 is 0 Å². The third kappa shape index (κ3) is 4.10. The van der Waals surface area contributed by atoms with Crippen molar-refractivity contribution >= 4 is 28.5 Å². The lowest BCUT2D eigenvalue weighted by Gasteiger charge is -2.36. The number of carbonyl (C=O) groups is 2. The van der Waals surface area contributed by atoms with Gasteiger partial charge in [0, 0.05) is 51.1 Å². The van der Waals surface area contributed by atoms with E-state index in [9.17, 15) is 9.59 Å². The lowest BCUT2D eigenvalue weighted by Crippen LogP contribution is -2.51. The monoisotopic (exact) mass is 414 g/mol. The van der Waals surface area contributed by atoms with Crippen LogP contribution in [0, 0.1) is 5.92 Å². The number of pyridine rings is 1. The van der Waals surface area contributed by atoms with E-state index in [0.29, 0.717) is 32.6 Å². The van der Waals surface area contributed by atoms with Crippen molar-refractivity contribution in [3.63, 3.8) is 0 Å². The van der Waals surface area contributed by atoms with Gasteiger partial charge >= 0.3 is 0 Å². The lowest BCUT2D eigenvalue weighted by atomic mass is 10.1. The third-order valence-electron chi connectivity index (χ3n) is 6.28. The largest absolute Gasteiger partial charge is 0.353 e. The van der Waals surface area contributed by atoms with Gasteiger partial charge in [-0.2, -0.15) is 0 Å². The predicted octanol–water partition coefficient (Wildman–Crippen LogP) is 2.93. The summed E-state index contributed by atoms with van der Waals surface area (Å²) >= 11 is 0. The van der Waals surface area contributed by atoms with Gasteiger partial charge in [-0.25, -0.2) is 4.98 Å². The van der Waals surface area contributed by atoms with E-state index in [0.717, 1.165) is 35.4 Å². The molecule has 0 bridgehead atoms. The van der Waals surface area contributed by atoms with Gasteiger partial charge in [-0.05, 0) is 23.8 Å². The number of carbonyl (C=O) groups excluding carboxylic acids is 2. The smallest absolute Gasteiger partial charge is 0.228 e. The van der Waals surface area contributed by atoms with Gasteiger partial charge in [-0.1, -0.05) is 48.5 Å². The van der Waals surface area contributed by atoms with Crippen LogP contribution in [0.4, 0.5) is 5.82 Å². The first kappa shape index (κ1) is 19.5. The molecule has 1 aromatic heterocycles. The standard InChI is InChI=1S/C25H26N4O2/c30-24-16-21(18-29(24)17-19-6-2-1-3-7-19)25(31)28-14-12-27(13-15-28)23-11-10-20-8-4-5-9-22(20)26-23/h1-11,21H,12-18H2. The highest BCUT2D eigenvalue weighted by atomic mass is 16.2. The van der Waals surface area contributed by atoms with Gasteiger partial charge in [0.15, 0.2) is 0 Å². The van der Waals surface area contributed by atoms with E-state index in [-0.39, 0.29) is 17.7 Å². The third-order valence-corrected chi connectivity index (χ3v) is 6.28. The van der Waals surface area contributed by atoms with Crippen molar-refractivity contribution in [3.8, 4) is 0 Å². The second-order valence-electron chi connectivity index (χ2n) is 8.34. The molecule has 0 N–H and O–H groups in total. The molecule has 0 saturated carbocycles. The molecule has 2 aromatic carbocycles. The molecule has 2 aliphatic heterocycles. The number of likely N-dealkylation sites (tertiary alicyclic amines) is 1. The number of benzene rings is 2. The van der Waals surface area contributed by atoms with Crippen LogP contribution >= 0.6 is 0 Å². The van der Waals surface area contributed by atoms with E-state index in [1.165, 1.54) is 0 Å². The number of hydrogen-bond acceptors (Lipinski definition) is 4. The van der Waals surface area contributed by atoms with Gasteiger partial charge in [-0.15, -0.1) is 0 Å². The number of aromatic nitrogens is 1. The number of fused-ring (bicyclic) bond motifs is 1. The zero-order valence-electron chi connectivity index (χ0n) is 17.5. The van der Waals surface area contributed by atoms with Crippen molar-refractivity contribution in [1.82, 2.24) is 14.8 Å². The first-order valence-corrected chi connectivity index (χ1v) is 10.9. The Bertz CT molecular complexity index is 1090. The Hall–Kier alpha value is -3.41. The Labute approximate surface area is 182 Å².